The Morgan fingerprint density at radius 3 is 2.61 bits per heavy atom. The fourth-order valence-electron chi connectivity index (χ4n) is 3.03. The summed E-state index contributed by atoms with van der Waals surface area (Å²) in [6, 6.07) is 0.265. The van der Waals surface area contributed by atoms with Crippen LogP contribution in [0.4, 0.5) is 0 Å². The first-order valence-electron chi connectivity index (χ1n) is 6.79. The number of hydrogen-bond donors (Lipinski definition) is 2. The van der Waals surface area contributed by atoms with Gasteiger partial charge in [0, 0.05) is 12.5 Å². The van der Waals surface area contributed by atoms with Crippen LogP contribution >= 0.6 is 0 Å². The van der Waals surface area contributed by atoms with Crippen molar-refractivity contribution in [3.8, 4) is 0 Å². The van der Waals surface area contributed by atoms with E-state index in [-0.39, 0.29) is 17.9 Å². The standard InChI is InChI=1S/C13H22N2O3/c1-18-12(17)13(6-2-3-7-13)15-11(16)9-10-5-4-8-14-10/h10,14H,2-9H2,1H3,(H,15,16). The summed E-state index contributed by atoms with van der Waals surface area (Å²) in [5.74, 6) is -0.338. The monoisotopic (exact) mass is 254 g/mol. The average molecular weight is 254 g/mol. The van der Waals surface area contributed by atoms with E-state index in [1.807, 2.05) is 0 Å². The number of methoxy groups -OCH3 is 1. The number of nitrogens with one attached hydrogen (secondary N) is 2. The summed E-state index contributed by atoms with van der Waals surface area (Å²) in [6.45, 7) is 0.986. The Kier molecular flexibility index (Phi) is 4.22. The lowest BCUT2D eigenvalue weighted by Crippen LogP contribution is -2.53. The molecule has 102 valence electrons. The van der Waals surface area contributed by atoms with E-state index < -0.39 is 5.54 Å². The first-order chi connectivity index (χ1) is 8.66. The molecule has 2 N–H and O–H groups in total. The van der Waals surface area contributed by atoms with Crippen molar-refractivity contribution in [2.75, 3.05) is 13.7 Å². The molecule has 1 atom stereocenters. The molecule has 5 heteroatoms. The van der Waals surface area contributed by atoms with Gasteiger partial charge >= 0.3 is 5.97 Å². The van der Waals surface area contributed by atoms with E-state index >= 15 is 0 Å². The summed E-state index contributed by atoms with van der Waals surface area (Å²) in [5, 5.41) is 6.21. The Morgan fingerprint density at radius 2 is 2.06 bits per heavy atom. The number of carbonyl (C=O) groups is 2. The van der Waals surface area contributed by atoms with Crippen molar-refractivity contribution in [3.05, 3.63) is 0 Å². The predicted octanol–water partition coefficient (Wildman–Crippen LogP) is 0.730. The first kappa shape index (κ1) is 13.3. The number of esters is 1. The molecule has 0 spiro atoms. The molecular weight excluding hydrogens is 232 g/mol. The molecule has 1 aliphatic carbocycles. The molecule has 2 rings (SSSR count). The normalized spacial score (nSPS) is 25.9. The molecule has 1 heterocycles. The zero-order valence-corrected chi connectivity index (χ0v) is 11.0. The van der Waals surface area contributed by atoms with Crippen LogP contribution in [0.5, 0.6) is 0 Å². The molecule has 5 nitrogen and oxygen atoms in total. The minimum absolute atomic E-state index is 0.0401. The Bertz CT molecular complexity index is 318. The van der Waals surface area contributed by atoms with Crippen LogP contribution in [0.25, 0.3) is 0 Å². The summed E-state index contributed by atoms with van der Waals surface area (Å²) in [4.78, 5) is 23.9. The van der Waals surface area contributed by atoms with Gasteiger partial charge in [0.25, 0.3) is 0 Å². The molecule has 0 aromatic rings. The van der Waals surface area contributed by atoms with Crippen LogP contribution in [0.1, 0.15) is 44.9 Å². The largest absolute Gasteiger partial charge is 0.467 e. The maximum Gasteiger partial charge on any atom is 0.331 e. The summed E-state index contributed by atoms with van der Waals surface area (Å²) >= 11 is 0. The summed E-state index contributed by atoms with van der Waals surface area (Å²) < 4.78 is 4.84. The van der Waals surface area contributed by atoms with Crippen LogP contribution in [0.2, 0.25) is 0 Å². The lowest BCUT2D eigenvalue weighted by molar-refractivity contribution is -0.150. The number of hydrogen-bond acceptors (Lipinski definition) is 4. The third kappa shape index (κ3) is 2.83. The van der Waals surface area contributed by atoms with Crippen LogP contribution in [0.3, 0.4) is 0 Å². The van der Waals surface area contributed by atoms with Crippen LogP contribution in [-0.2, 0) is 14.3 Å². The molecular formula is C13H22N2O3. The van der Waals surface area contributed by atoms with Gasteiger partial charge in [-0.3, -0.25) is 4.79 Å². The molecule has 1 saturated carbocycles. The van der Waals surface area contributed by atoms with Gasteiger partial charge in [-0.15, -0.1) is 0 Å². The SMILES string of the molecule is COC(=O)C1(NC(=O)CC2CCCN2)CCCC1. The van der Waals surface area contributed by atoms with Gasteiger partial charge in [-0.05, 0) is 32.2 Å². The molecule has 2 aliphatic rings. The molecule has 1 saturated heterocycles. The van der Waals surface area contributed by atoms with Gasteiger partial charge in [-0.1, -0.05) is 12.8 Å². The van der Waals surface area contributed by atoms with E-state index in [0.717, 1.165) is 32.2 Å². The van der Waals surface area contributed by atoms with E-state index in [4.69, 9.17) is 4.74 Å². The first-order valence-corrected chi connectivity index (χ1v) is 6.79. The summed E-state index contributed by atoms with van der Waals surface area (Å²) in [6.07, 6.45) is 5.96. The average Bonchev–Trinajstić information content (AvgIpc) is 3.00. The highest BCUT2D eigenvalue weighted by atomic mass is 16.5. The molecule has 0 aromatic carbocycles. The lowest BCUT2D eigenvalue weighted by atomic mass is 9.97. The van der Waals surface area contributed by atoms with Gasteiger partial charge in [0.15, 0.2) is 0 Å². The van der Waals surface area contributed by atoms with E-state index in [9.17, 15) is 9.59 Å². The van der Waals surface area contributed by atoms with Gasteiger partial charge in [0.05, 0.1) is 7.11 Å². The third-order valence-corrected chi connectivity index (χ3v) is 4.01. The van der Waals surface area contributed by atoms with Gasteiger partial charge < -0.3 is 15.4 Å². The maximum atomic E-state index is 12.0. The Labute approximate surface area is 108 Å². The molecule has 0 radical (unpaired) electrons. The van der Waals surface area contributed by atoms with Crippen molar-refractivity contribution in [2.24, 2.45) is 0 Å². The zero-order valence-electron chi connectivity index (χ0n) is 11.0. The highest BCUT2D eigenvalue weighted by molar-refractivity contribution is 5.88. The minimum Gasteiger partial charge on any atom is -0.467 e. The predicted molar refractivity (Wildman–Crippen MR) is 67.0 cm³/mol. The van der Waals surface area contributed by atoms with E-state index in [1.54, 1.807) is 0 Å². The second-order valence-electron chi connectivity index (χ2n) is 5.33. The molecule has 2 fully saturated rings. The van der Waals surface area contributed by atoms with Gasteiger partial charge in [-0.25, -0.2) is 4.79 Å². The second-order valence-corrected chi connectivity index (χ2v) is 5.33. The fourth-order valence-corrected chi connectivity index (χ4v) is 3.03. The van der Waals surface area contributed by atoms with E-state index in [1.165, 1.54) is 7.11 Å². The van der Waals surface area contributed by atoms with Crippen LogP contribution in [-0.4, -0.2) is 37.1 Å². The summed E-state index contributed by atoms with van der Waals surface area (Å²) in [5.41, 5.74) is -0.759. The fraction of sp³-hybridized carbons (Fsp3) is 0.846. The van der Waals surface area contributed by atoms with Crippen molar-refractivity contribution < 1.29 is 14.3 Å². The zero-order chi connectivity index (χ0) is 13.0. The second kappa shape index (κ2) is 5.69. The van der Waals surface area contributed by atoms with E-state index in [0.29, 0.717) is 19.3 Å². The smallest absolute Gasteiger partial charge is 0.331 e. The lowest BCUT2D eigenvalue weighted by Gasteiger charge is -2.27. The van der Waals surface area contributed by atoms with Crippen molar-refractivity contribution in [1.29, 1.82) is 0 Å². The summed E-state index contributed by atoms with van der Waals surface area (Å²) in [7, 11) is 1.38. The minimum atomic E-state index is -0.759. The van der Waals surface area contributed by atoms with Crippen molar-refractivity contribution >= 4 is 11.9 Å². The number of carbonyl (C=O) groups excluding carboxylic acids is 2. The molecule has 1 unspecified atom stereocenters. The Balaban J connectivity index is 1.92. The highest BCUT2D eigenvalue weighted by Crippen LogP contribution is 2.31. The molecule has 0 aromatic heterocycles. The molecule has 0 bridgehead atoms. The van der Waals surface area contributed by atoms with Gasteiger partial charge in [-0.2, -0.15) is 0 Å². The van der Waals surface area contributed by atoms with Crippen molar-refractivity contribution in [1.82, 2.24) is 10.6 Å². The number of ether oxygens (including phenoxy) is 1. The third-order valence-electron chi connectivity index (χ3n) is 4.01. The highest BCUT2D eigenvalue weighted by Gasteiger charge is 2.43. The van der Waals surface area contributed by atoms with Crippen LogP contribution < -0.4 is 10.6 Å². The van der Waals surface area contributed by atoms with Gasteiger partial charge in [0.1, 0.15) is 5.54 Å². The quantitative estimate of drug-likeness (QED) is 0.726. The molecule has 1 amide bonds. The van der Waals surface area contributed by atoms with Crippen molar-refractivity contribution in [3.63, 3.8) is 0 Å². The topological polar surface area (TPSA) is 67.4 Å². The van der Waals surface area contributed by atoms with Crippen LogP contribution in [0, 0.1) is 0 Å². The number of amides is 1. The molecule has 1 aliphatic heterocycles. The van der Waals surface area contributed by atoms with Crippen LogP contribution in [0.15, 0.2) is 0 Å². The molecule has 18 heavy (non-hydrogen) atoms. The van der Waals surface area contributed by atoms with Crippen molar-refractivity contribution in [2.45, 2.75) is 56.5 Å². The van der Waals surface area contributed by atoms with Gasteiger partial charge in [0.2, 0.25) is 5.91 Å². The Morgan fingerprint density at radius 1 is 1.33 bits per heavy atom. The Hall–Kier alpha value is -1.10. The number of rotatable bonds is 4. The maximum absolute atomic E-state index is 12.0. The van der Waals surface area contributed by atoms with E-state index in [2.05, 4.69) is 10.6 Å².